The lowest BCUT2D eigenvalue weighted by atomic mass is 9.96. The number of piperidine rings is 1. The van der Waals surface area contributed by atoms with E-state index in [2.05, 4.69) is 15.6 Å². The molecule has 1 atom stereocenters. The van der Waals surface area contributed by atoms with E-state index < -0.39 is 0 Å². The minimum atomic E-state index is -0.362. The number of nitrogens with zero attached hydrogens (tertiary/aromatic N) is 2. The van der Waals surface area contributed by atoms with Crippen LogP contribution < -0.4 is 10.6 Å². The van der Waals surface area contributed by atoms with Crippen LogP contribution in [-0.4, -0.2) is 34.8 Å². The number of amides is 2. The predicted octanol–water partition coefficient (Wildman–Crippen LogP) is 5.17. The van der Waals surface area contributed by atoms with E-state index in [1.54, 1.807) is 16.3 Å². The summed E-state index contributed by atoms with van der Waals surface area (Å²) in [6.45, 7) is 0.890. The van der Waals surface area contributed by atoms with E-state index in [0.29, 0.717) is 46.7 Å². The number of aromatic nitrogens is 1. The van der Waals surface area contributed by atoms with Gasteiger partial charge in [-0.3, -0.25) is 9.59 Å². The molecule has 2 heterocycles. The molecule has 0 radical (unpaired) electrons. The summed E-state index contributed by atoms with van der Waals surface area (Å²) in [5.41, 5.74) is 1.58. The van der Waals surface area contributed by atoms with Crippen molar-refractivity contribution in [1.82, 2.24) is 9.88 Å². The molecular weight excluding hydrogens is 439 g/mol. The van der Waals surface area contributed by atoms with E-state index in [4.69, 9.17) is 11.6 Å². The quantitative estimate of drug-likeness (QED) is 0.553. The Morgan fingerprint density at radius 3 is 2.71 bits per heavy atom. The van der Waals surface area contributed by atoms with Crippen LogP contribution in [0.15, 0.2) is 53.9 Å². The smallest absolute Gasteiger partial charge is 0.273 e. The van der Waals surface area contributed by atoms with E-state index in [1.165, 1.54) is 35.6 Å². The molecule has 1 aromatic heterocycles. The summed E-state index contributed by atoms with van der Waals surface area (Å²) in [7, 11) is 0. The van der Waals surface area contributed by atoms with Crippen molar-refractivity contribution < 1.29 is 14.0 Å². The molecule has 160 valence electrons. The summed E-state index contributed by atoms with van der Waals surface area (Å²) >= 11 is 7.48. The Morgan fingerprint density at radius 1 is 1.16 bits per heavy atom. The Hall–Kier alpha value is -2.97. The predicted molar refractivity (Wildman–Crippen MR) is 121 cm³/mol. The van der Waals surface area contributed by atoms with Gasteiger partial charge in [-0.05, 0) is 49.2 Å². The molecule has 4 rings (SSSR count). The minimum Gasteiger partial charge on any atom is -0.336 e. The van der Waals surface area contributed by atoms with Crippen molar-refractivity contribution in [3.63, 3.8) is 0 Å². The average molecular weight is 459 g/mol. The molecule has 2 N–H and O–H groups in total. The molecule has 6 nitrogen and oxygen atoms in total. The molecule has 0 aliphatic carbocycles. The maximum Gasteiger partial charge on any atom is 0.273 e. The number of benzene rings is 2. The monoisotopic (exact) mass is 458 g/mol. The van der Waals surface area contributed by atoms with E-state index in [1.807, 2.05) is 18.2 Å². The lowest BCUT2D eigenvalue weighted by Gasteiger charge is -2.31. The Kier molecular flexibility index (Phi) is 6.48. The Bertz CT molecular complexity index is 1090. The summed E-state index contributed by atoms with van der Waals surface area (Å²) in [4.78, 5) is 31.6. The van der Waals surface area contributed by atoms with Crippen LogP contribution in [0.4, 0.5) is 20.9 Å². The van der Waals surface area contributed by atoms with Gasteiger partial charge in [0.1, 0.15) is 11.5 Å². The first-order valence-electron chi connectivity index (χ1n) is 9.82. The van der Waals surface area contributed by atoms with Crippen molar-refractivity contribution in [3.8, 4) is 0 Å². The molecular formula is C22H20ClFN4O2S. The van der Waals surface area contributed by atoms with E-state index in [9.17, 15) is 14.0 Å². The fraction of sp³-hybridized carbons (Fsp3) is 0.227. The van der Waals surface area contributed by atoms with E-state index in [0.717, 1.165) is 6.42 Å². The maximum absolute atomic E-state index is 13.1. The highest BCUT2D eigenvalue weighted by Gasteiger charge is 2.30. The number of halogens is 2. The van der Waals surface area contributed by atoms with Crippen LogP contribution in [-0.2, 0) is 4.79 Å². The van der Waals surface area contributed by atoms with E-state index >= 15 is 0 Å². The topological polar surface area (TPSA) is 74.3 Å². The first-order valence-corrected chi connectivity index (χ1v) is 11.1. The zero-order chi connectivity index (χ0) is 21.8. The van der Waals surface area contributed by atoms with Crippen molar-refractivity contribution >= 4 is 51.3 Å². The second-order valence-corrected chi connectivity index (χ2v) is 8.49. The molecule has 1 unspecified atom stereocenters. The van der Waals surface area contributed by atoms with E-state index in [-0.39, 0.29) is 23.5 Å². The number of hydrogen-bond acceptors (Lipinski definition) is 5. The Labute approximate surface area is 188 Å². The van der Waals surface area contributed by atoms with Gasteiger partial charge in [-0.25, -0.2) is 9.37 Å². The zero-order valence-electron chi connectivity index (χ0n) is 16.5. The minimum absolute atomic E-state index is 0.177. The van der Waals surface area contributed by atoms with Crippen LogP contribution in [0.1, 0.15) is 23.3 Å². The SMILES string of the molecule is O=C(Nc1ccc(F)cc1)C1CCCN(C(=O)c2csc(Nc3ccccc3Cl)n2)C1. The van der Waals surface area contributed by atoms with Gasteiger partial charge in [0, 0.05) is 24.2 Å². The first kappa shape index (κ1) is 21.3. The van der Waals surface area contributed by atoms with Crippen LogP contribution in [0.5, 0.6) is 0 Å². The lowest BCUT2D eigenvalue weighted by molar-refractivity contribution is -0.121. The molecule has 1 fully saturated rings. The largest absolute Gasteiger partial charge is 0.336 e. The molecule has 2 amide bonds. The summed E-state index contributed by atoms with van der Waals surface area (Å²) < 4.78 is 13.1. The first-order chi connectivity index (χ1) is 15.0. The molecule has 9 heteroatoms. The highest BCUT2D eigenvalue weighted by atomic mass is 35.5. The van der Waals surface area contributed by atoms with Crippen molar-refractivity contribution in [2.45, 2.75) is 12.8 Å². The zero-order valence-corrected chi connectivity index (χ0v) is 18.0. The maximum atomic E-state index is 13.1. The molecule has 3 aromatic rings. The average Bonchev–Trinajstić information content (AvgIpc) is 3.25. The van der Waals surface area contributed by atoms with Crippen molar-refractivity contribution in [2.24, 2.45) is 5.92 Å². The second kappa shape index (κ2) is 9.45. The van der Waals surface area contributed by atoms with Gasteiger partial charge in [-0.1, -0.05) is 23.7 Å². The third-order valence-electron chi connectivity index (χ3n) is 5.03. The van der Waals surface area contributed by atoms with Gasteiger partial charge in [0.15, 0.2) is 5.13 Å². The molecule has 1 saturated heterocycles. The fourth-order valence-corrected chi connectivity index (χ4v) is 4.30. The van der Waals surface area contributed by atoms with Crippen LogP contribution in [0, 0.1) is 11.7 Å². The number of anilines is 3. The second-order valence-electron chi connectivity index (χ2n) is 7.23. The van der Waals surface area contributed by atoms with Gasteiger partial charge in [0.2, 0.25) is 5.91 Å². The van der Waals surface area contributed by atoms with Crippen molar-refractivity contribution in [1.29, 1.82) is 0 Å². The highest BCUT2D eigenvalue weighted by molar-refractivity contribution is 7.14. The van der Waals surface area contributed by atoms with Crippen LogP contribution >= 0.6 is 22.9 Å². The summed E-state index contributed by atoms with van der Waals surface area (Å²) in [6, 6.07) is 12.9. The number of rotatable bonds is 5. The van der Waals surface area contributed by atoms with Gasteiger partial charge in [-0.15, -0.1) is 11.3 Å². The van der Waals surface area contributed by atoms with Gasteiger partial charge in [0.25, 0.3) is 5.91 Å². The molecule has 2 aromatic carbocycles. The summed E-state index contributed by atoms with van der Waals surface area (Å²) in [5.74, 6) is -1.08. The number of likely N-dealkylation sites (tertiary alicyclic amines) is 1. The molecule has 1 aliphatic rings. The Balaban J connectivity index is 1.38. The van der Waals surface area contributed by atoms with Crippen LogP contribution in [0.3, 0.4) is 0 Å². The number of thiazole rings is 1. The third kappa shape index (κ3) is 5.21. The number of para-hydroxylation sites is 1. The molecule has 31 heavy (non-hydrogen) atoms. The number of nitrogens with one attached hydrogen (secondary N) is 2. The normalized spacial score (nSPS) is 16.1. The lowest BCUT2D eigenvalue weighted by Crippen LogP contribution is -2.43. The van der Waals surface area contributed by atoms with Gasteiger partial charge in [-0.2, -0.15) is 0 Å². The molecule has 0 bridgehead atoms. The molecule has 0 saturated carbocycles. The molecule has 1 aliphatic heterocycles. The van der Waals surface area contributed by atoms with Crippen molar-refractivity contribution in [3.05, 3.63) is 70.4 Å². The van der Waals surface area contributed by atoms with Gasteiger partial charge < -0.3 is 15.5 Å². The Morgan fingerprint density at radius 2 is 1.94 bits per heavy atom. The molecule has 0 spiro atoms. The highest BCUT2D eigenvalue weighted by Crippen LogP contribution is 2.28. The number of carbonyl (C=O) groups excluding carboxylic acids is 2. The van der Waals surface area contributed by atoms with Crippen LogP contribution in [0.2, 0.25) is 5.02 Å². The fourth-order valence-electron chi connectivity index (χ4n) is 3.42. The van der Waals surface area contributed by atoms with Gasteiger partial charge >= 0.3 is 0 Å². The summed E-state index contributed by atoms with van der Waals surface area (Å²) in [5, 5.41) is 8.75. The summed E-state index contributed by atoms with van der Waals surface area (Å²) in [6.07, 6.45) is 1.41. The third-order valence-corrected chi connectivity index (χ3v) is 6.12. The standard InChI is InChI=1S/C22H20ClFN4O2S/c23-17-5-1-2-6-18(17)26-22-27-19(13-31-22)21(30)28-11-3-4-14(12-28)20(29)25-16-9-7-15(24)8-10-16/h1-2,5-10,13-14H,3-4,11-12H2,(H,25,29)(H,26,27). The number of carbonyl (C=O) groups is 2. The van der Waals surface area contributed by atoms with Crippen molar-refractivity contribution in [2.75, 3.05) is 23.7 Å². The number of hydrogen-bond donors (Lipinski definition) is 2. The van der Waals surface area contributed by atoms with Gasteiger partial charge in [0.05, 0.1) is 16.6 Å². The van der Waals surface area contributed by atoms with Crippen LogP contribution in [0.25, 0.3) is 0 Å².